The molecule has 118 valence electrons. The van der Waals surface area contributed by atoms with Gasteiger partial charge in [0.15, 0.2) is 0 Å². The van der Waals surface area contributed by atoms with Gasteiger partial charge in [-0.05, 0) is 37.5 Å². The fraction of sp³-hybridized carbons (Fsp3) is 0.571. The number of nitrogens with zero attached hydrogens (tertiary/aromatic N) is 1. The van der Waals surface area contributed by atoms with Crippen molar-refractivity contribution in [1.29, 1.82) is 0 Å². The summed E-state index contributed by atoms with van der Waals surface area (Å²) < 4.78 is 27.1. The van der Waals surface area contributed by atoms with E-state index in [0.717, 1.165) is 24.8 Å². The van der Waals surface area contributed by atoms with Crippen molar-refractivity contribution in [2.45, 2.75) is 43.5 Å². The van der Waals surface area contributed by atoms with Crippen LogP contribution < -0.4 is 5.73 Å². The summed E-state index contributed by atoms with van der Waals surface area (Å²) in [5.41, 5.74) is 6.96. The monoisotopic (exact) mass is 332 g/mol. The molecule has 7 heteroatoms. The summed E-state index contributed by atoms with van der Waals surface area (Å²) >= 11 is 6.11. The molecule has 1 aromatic carbocycles. The summed E-state index contributed by atoms with van der Waals surface area (Å²) in [7, 11) is -3.76. The van der Waals surface area contributed by atoms with Crippen LogP contribution in [0.25, 0.3) is 0 Å². The van der Waals surface area contributed by atoms with Crippen molar-refractivity contribution in [2.24, 2.45) is 0 Å². The predicted molar refractivity (Wildman–Crippen MR) is 83.8 cm³/mol. The molecule has 1 aliphatic rings. The molecular weight excluding hydrogens is 312 g/mol. The van der Waals surface area contributed by atoms with E-state index in [1.807, 2.05) is 0 Å². The summed E-state index contributed by atoms with van der Waals surface area (Å²) in [4.78, 5) is 0.0209. The van der Waals surface area contributed by atoms with Crippen LogP contribution in [0.1, 0.15) is 31.2 Å². The maximum Gasteiger partial charge on any atom is 0.244 e. The molecule has 0 radical (unpaired) electrons. The minimum atomic E-state index is -3.76. The number of nitrogen functional groups attached to an aromatic ring is 1. The van der Waals surface area contributed by atoms with E-state index in [9.17, 15) is 13.5 Å². The van der Waals surface area contributed by atoms with Crippen molar-refractivity contribution in [1.82, 2.24) is 4.31 Å². The van der Waals surface area contributed by atoms with E-state index in [-0.39, 0.29) is 16.5 Å². The van der Waals surface area contributed by atoms with Gasteiger partial charge < -0.3 is 10.8 Å². The maximum atomic E-state index is 12.9. The first-order chi connectivity index (χ1) is 9.87. The SMILES string of the molecule is Cc1cc(Cl)c(S(=O)(=O)N2CCCCCC2CO)cc1N. The average molecular weight is 333 g/mol. The number of nitrogens with two attached hydrogens (primary N) is 1. The zero-order valence-corrected chi connectivity index (χ0v) is 13.6. The van der Waals surface area contributed by atoms with Gasteiger partial charge in [-0.25, -0.2) is 8.42 Å². The van der Waals surface area contributed by atoms with Crippen LogP contribution in [0.4, 0.5) is 5.69 Å². The molecule has 0 aliphatic carbocycles. The molecule has 0 bridgehead atoms. The fourth-order valence-electron chi connectivity index (χ4n) is 2.64. The molecule has 1 aliphatic heterocycles. The third-order valence-electron chi connectivity index (χ3n) is 3.94. The molecule has 1 fully saturated rings. The number of rotatable bonds is 3. The molecule has 1 unspecified atom stereocenters. The highest BCUT2D eigenvalue weighted by Crippen LogP contribution is 2.31. The second kappa shape index (κ2) is 6.52. The Labute approximate surface area is 130 Å². The van der Waals surface area contributed by atoms with Crippen LogP contribution in [0.2, 0.25) is 5.02 Å². The lowest BCUT2D eigenvalue weighted by Crippen LogP contribution is -2.42. The summed E-state index contributed by atoms with van der Waals surface area (Å²) in [6.07, 6.45) is 3.33. The first-order valence-corrected chi connectivity index (χ1v) is 8.88. The molecule has 1 atom stereocenters. The van der Waals surface area contributed by atoms with Crippen molar-refractivity contribution in [3.63, 3.8) is 0 Å². The number of sulfonamides is 1. The van der Waals surface area contributed by atoms with Gasteiger partial charge in [0, 0.05) is 18.3 Å². The number of halogens is 1. The molecule has 1 saturated heterocycles. The van der Waals surface area contributed by atoms with E-state index < -0.39 is 16.1 Å². The zero-order chi connectivity index (χ0) is 15.6. The lowest BCUT2D eigenvalue weighted by atomic mass is 10.1. The highest BCUT2D eigenvalue weighted by atomic mass is 35.5. The Bertz CT molecular complexity index is 619. The molecule has 0 spiro atoms. The van der Waals surface area contributed by atoms with E-state index in [1.165, 1.54) is 10.4 Å². The Balaban J connectivity index is 2.47. The van der Waals surface area contributed by atoms with Crippen molar-refractivity contribution in [2.75, 3.05) is 18.9 Å². The van der Waals surface area contributed by atoms with Gasteiger partial charge in [0.25, 0.3) is 0 Å². The van der Waals surface area contributed by atoms with Gasteiger partial charge >= 0.3 is 0 Å². The number of aliphatic hydroxyl groups is 1. The molecule has 3 N–H and O–H groups in total. The normalized spacial score (nSPS) is 21.2. The lowest BCUT2D eigenvalue weighted by Gasteiger charge is -2.28. The predicted octanol–water partition coefficient (Wildman–Crippen LogP) is 2.16. The number of aliphatic hydroxyl groups excluding tert-OH is 1. The lowest BCUT2D eigenvalue weighted by molar-refractivity contribution is 0.186. The van der Waals surface area contributed by atoms with Crippen LogP contribution in [0, 0.1) is 6.92 Å². The molecule has 0 amide bonds. The van der Waals surface area contributed by atoms with E-state index in [2.05, 4.69) is 0 Å². The Morgan fingerprint density at radius 1 is 1.38 bits per heavy atom. The minimum Gasteiger partial charge on any atom is -0.398 e. The van der Waals surface area contributed by atoms with E-state index in [4.69, 9.17) is 17.3 Å². The molecule has 0 saturated carbocycles. The first-order valence-electron chi connectivity index (χ1n) is 7.06. The highest BCUT2D eigenvalue weighted by molar-refractivity contribution is 7.89. The minimum absolute atomic E-state index is 0.0209. The average Bonchev–Trinajstić information content (AvgIpc) is 2.68. The van der Waals surface area contributed by atoms with Crippen LogP contribution in [0.5, 0.6) is 0 Å². The molecule has 5 nitrogen and oxygen atoms in total. The summed E-state index contributed by atoms with van der Waals surface area (Å²) in [6.45, 7) is 2.00. The Hall–Kier alpha value is -0.820. The number of hydrogen-bond acceptors (Lipinski definition) is 4. The van der Waals surface area contributed by atoms with Crippen molar-refractivity contribution >= 4 is 27.3 Å². The van der Waals surface area contributed by atoms with Crippen LogP contribution in [-0.2, 0) is 10.0 Å². The van der Waals surface area contributed by atoms with Gasteiger partial charge in [-0.2, -0.15) is 4.31 Å². The molecule has 21 heavy (non-hydrogen) atoms. The van der Waals surface area contributed by atoms with E-state index in [0.29, 0.717) is 18.7 Å². The third kappa shape index (κ3) is 3.34. The van der Waals surface area contributed by atoms with Gasteiger partial charge in [-0.1, -0.05) is 24.4 Å². The zero-order valence-electron chi connectivity index (χ0n) is 12.0. The van der Waals surface area contributed by atoms with Crippen LogP contribution in [-0.4, -0.2) is 37.0 Å². The van der Waals surface area contributed by atoms with E-state index >= 15 is 0 Å². The van der Waals surface area contributed by atoms with Gasteiger partial charge in [0.1, 0.15) is 4.90 Å². The molecule has 0 aromatic heterocycles. The topological polar surface area (TPSA) is 83.6 Å². The van der Waals surface area contributed by atoms with Crippen molar-refractivity contribution < 1.29 is 13.5 Å². The Morgan fingerprint density at radius 2 is 2.10 bits per heavy atom. The summed E-state index contributed by atoms with van der Waals surface area (Å²) in [6, 6.07) is 2.58. The van der Waals surface area contributed by atoms with Gasteiger partial charge in [-0.15, -0.1) is 0 Å². The maximum absolute atomic E-state index is 12.9. The van der Waals surface area contributed by atoms with Crippen molar-refractivity contribution in [3.8, 4) is 0 Å². The second-order valence-electron chi connectivity index (χ2n) is 5.44. The van der Waals surface area contributed by atoms with Crippen molar-refractivity contribution in [3.05, 3.63) is 22.7 Å². The molecular formula is C14H21ClN2O3S. The number of anilines is 1. The quantitative estimate of drug-likeness (QED) is 0.831. The second-order valence-corrected chi connectivity index (χ2v) is 7.71. The molecule has 1 aromatic rings. The molecule has 2 rings (SSSR count). The fourth-order valence-corrected chi connectivity index (χ4v) is 4.92. The number of hydrogen-bond donors (Lipinski definition) is 2. The number of aryl methyl sites for hydroxylation is 1. The van der Waals surface area contributed by atoms with Crippen LogP contribution in [0.3, 0.4) is 0 Å². The third-order valence-corrected chi connectivity index (χ3v) is 6.36. The highest BCUT2D eigenvalue weighted by Gasteiger charge is 2.33. The van der Waals surface area contributed by atoms with E-state index in [1.54, 1.807) is 13.0 Å². The smallest absolute Gasteiger partial charge is 0.244 e. The Kier molecular flexibility index (Phi) is 5.14. The van der Waals surface area contributed by atoms with Gasteiger partial charge in [-0.3, -0.25) is 0 Å². The summed E-state index contributed by atoms with van der Waals surface area (Å²) in [5, 5.41) is 9.67. The van der Waals surface area contributed by atoms with Crippen LogP contribution in [0.15, 0.2) is 17.0 Å². The standard InChI is InChI=1S/C14H21ClN2O3S/c1-10-7-12(15)14(8-13(10)16)21(19,20)17-6-4-2-3-5-11(17)9-18/h7-8,11,18H,2-6,9,16H2,1H3. The molecule has 1 heterocycles. The van der Waals surface area contributed by atoms with Gasteiger partial charge in [0.05, 0.1) is 11.6 Å². The van der Waals surface area contributed by atoms with Gasteiger partial charge in [0.2, 0.25) is 10.0 Å². The number of benzene rings is 1. The largest absolute Gasteiger partial charge is 0.398 e. The Morgan fingerprint density at radius 3 is 2.76 bits per heavy atom. The van der Waals surface area contributed by atoms with Crippen LogP contribution >= 0.6 is 11.6 Å². The summed E-state index contributed by atoms with van der Waals surface area (Å²) in [5.74, 6) is 0. The first kappa shape index (κ1) is 16.5.